The first kappa shape index (κ1) is 34.8. The second-order valence-electron chi connectivity index (χ2n) is 15.6. The molecule has 0 N–H and O–H groups in total. The Bertz CT molecular complexity index is 2270. The van der Waals surface area contributed by atoms with Crippen molar-refractivity contribution in [3.63, 3.8) is 0 Å². The van der Waals surface area contributed by atoms with Gasteiger partial charge in [-0.05, 0) is 56.9 Å². The molecule has 0 spiro atoms. The van der Waals surface area contributed by atoms with Gasteiger partial charge in [0.25, 0.3) is 0 Å². The molecule has 0 unspecified atom stereocenters. The van der Waals surface area contributed by atoms with E-state index < -0.39 is 18.3 Å². The molecule has 7 rings (SSSR count). The van der Waals surface area contributed by atoms with Gasteiger partial charge in [0.1, 0.15) is 89.6 Å². The van der Waals surface area contributed by atoms with Gasteiger partial charge in [-0.25, -0.2) is 9.97 Å². The molecule has 3 heterocycles. The van der Waals surface area contributed by atoms with Crippen LogP contribution in [0.5, 0.6) is 0 Å². The zero-order chi connectivity index (χ0) is 36.2. The van der Waals surface area contributed by atoms with Crippen molar-refractivity contribution < 1.29 is 13.7 Å². The first-order chi connectivity index (χ1) is 23.4. The van der Waals surface area contributed by atoms with E-state index in [2.05, 4.69) is 136 Å². The van der Waals surface area contributed by atoms with Gasteiger partial charge in [0.15, 0.2) is 5.82 Å². The van der Waals surface area contributed by atoms with Crippen molar-refractivity contribution >= 4 is 168 Å². The second-order valence-corrected chi connectivity index (χ2v) is 15.6. The lowest BCUT2D eigenvalue weighted by Crippen LogP contribution is -2.55. The first-order valence-corrected chi connectivity index (χ1v) is 17.8. The number of aromatic nitrogens is 2. The Labute approximate surface area is 305 Å². The van der Waals surface area contributed by atoms with Crippen LogP contribution in [0.15, 0.2) is 46.9 Å². The van der Waals surface area contributed by atoms with Gasteiger partial charge in [0.2, 0.25) is 0 Å². The molecule has 2 aromatic heterocycles. The van der Waals surface area contributed by atoms with Gasteiger partial charge in [-0.1, -0.05) is 46.1 Å². The standard InChI is InChI=1S/C34H39B11N2O3/c1-33(2)34(3,4)50-45(49-33)12-8-9-17-14(10-12)19-13(6-5-7-18(19)48-17)15-11-16(20-22(35)26(39)30(43)27(40)23(20)36)47-32(46-15)21-24(37)28(41)31(44)29(42)25(21)38/h5-11H,35-44H2,1-4H3. The molecule has 0 atom stereocenters. The molecular formula is C34H39B11N2O3. The fourth-order valence-electron chi connectivity index (χ4n) is 7.73. The van der Waals surface area contributed by atoms with E-state index in [0.717, 1.165) is 55.7 Å². The fraction of sp³-hybridized carbons (Fsp3) is 0.176. The minimum atomic E-state index is -0.475. The van der Waals surface area contributed by atoms with Crippen molar-refractivity contribution in [2.75, 3.05) is 0 Å². The monoisotopic (exact) mass is 644 g/mol. The number of nitrogens with zero attached hydrogens (tertiary/aromatic N) is 2. The summed E-state index contributed by atoms with van der Waals surface area (Å²) in [6.45, 7) is 8.34. The topological polar surface area (TPSA) is 57.4 Å². The summed E-state index contributed by atoms with van der Waals surface area (Å²) in [5.41, 5.74) is 19.6. The fourth-order valence-corrected chi connectivity index (χ4v) is 7.73. The highest BCUT2D eigenvalue weighted by Gasteiger charge is 2.51. The van der Waals surface area contributed by atoms with Crippen molar-refractivity contribution in [1.82, 2.24) is 9.97 Å². The third-order valence-corrected chi connectivity index (χ3v) is 12.5. The van der Waals surface area contributed by atoms with Crippen LogP contribution < -0.4 is 60.1 Å². The Morgan fingerprint density at radius 3 is 1.60 bits per heavy atom. The molecule has 236 valence electrons. The molecule has 1 saturated heterocycles. The summed E-state index contributed by atoms with van der Waals surface area (Å²) in [5.74, 6) is 0.746. The Balaban J connectivity index is 1.53. The molecule has 0 aliphatic carbocycles. The van der Waals surface area contributed by atoms with Crippen molar-refractivity contribution in [2.45, 2.75) is 38.9 Å². The summed E-state index contributed by atoms with van der Waals surface area (Å²) < 4.78 is 19.4. The van der Waals surface area contributed by atoms with E-state index in [9.17, 15) is 0 Å². The molecule has 5 nitrogen and oxygen atoms in total. The molecule has 50 heavy (non-hydrogen) atoms. The number of fused-ring (bicyclic) bond motifs is 3. The lowest BCUT2D eigenvalue weighted by Gasteiger charge is -2.32. The minimum absolute atomic E-state index is 0.435. The van der Waals surface area contributed by atoms with Gasteiger partial charge >= 0.3 is 7.12 Å². The quantitative estimate of drug-likeness (QED) is 0.179. The van der Waals surface area contributed by atoms with E-state index in [1.165, 1.54) is 60.2 Å². The first-order valence-electron chi connectivity index (χ1n) is 17.8. The SMILES string of the molecule is Bc1c(B)c(B)c(-c2cc(-c3cccc4oc5ccc(B6OC(C)(C)C(C)(C)O6)cc5c34)nc(-c3c(B)c(B)c(B)c(B)c3B)n2)c(B)c1B. The molecule has 0 radical (unpaired) electrons. The van der Waals surface area contributed by atoms with Crippen LogP contribution in [-0.2, 0) is 9.31 Å². The van der Waals surface area contributed by atoms with Crippen LogP contribution in [0.1, 0.15) is 27.7 Å². The van der Waals surface area contributed by atoms with Gasteiger partial charge in [-0.15, -0.1) is 32.8 Å². The number of rotatable bonds is 4. The highest BCUT2D eigenvalue weighted by Crippen LogP contribution is 2.39. The predicted octanol–water partition coefficient (Wildman–Crippen LogP) is -9.74. The number of hydrogen-bond donors (Lipinski definition) is 0. The molecule has 1 fully saturated rings. The Morgan fingerprint density at radius 2 is 1.04 bits per heavy atom. The van der Waals surface area contributed by atoms with Crippen LogP contribution in [0, 0.1) is 0 Å². The van der Waals surface area contributed by atoms with Crippen molar-refractivity contribution in [2.24, 2.45) is 0 Å². The maximum absolute atomic E-state index is 6.48. The lowest BCUT2D eigenvalue weighted by atomic mass is 9.60. The van der Waals surface area contributed by atoms with E-state index in [0.29, 0.717) is 0 Å². The van der Waals surface area contributed by atoms with Crippen LogP contribution in [0.25, 0.3) is 55.8 Å². The normalized spacial score (nSPS) is 15.3. The van der Waals surface area contributed by atoms with Gasteiger partial charge < -0.3 is 13.7 Å². The number of benzene rings is 4. The maximum atomic E-state index is 6.48. The van der Waals surface area contributed by atoms with E-state index in [-0.39, 0.29) is 0 Å². The molecule has 1 aliphatic rings. The summed E-state index contributed by atoms with van der Waals surface area (Å²) in [6.07, 6.45) is 0. The Morgan fingerprint density at radius 1 is 0.540 bits per heavy atom. The third-order valence-electron chi connectivity index (χ3n) is 12.5. The highest BCUT2D eigenvalue weighted by atomic mass is 16.7. The van der Waals surface area contributed by atoms with Crippen LogP contribution in [-0.4, -0.2) is 107 Å². The van der Waals surface area contributed by atoms with E-state index >= 15 is 0 Å². The minimum Gasteiger partial charge on any atom is -0.456 e. The predicted molar refractivity (Wildman–Crippen MR) is 243 cm³/mol. The second kappa shape index (κ2) is 12.0. The van der Waals surface area contributed by atoms with E-state index in [1.807, 2.05) is 12.1 Å². The van der Waals surface area contributed by atoms with E-state index in [1.54, 1.807) is 0 Å². The van der Waals surface area contributed by atoms with Crippen molar-refractivity contribution in [3.8, 4) is 33.9 Å². The molecule has 0 saturated carbocycles. The van der Waals surface area contributed by atoms with Gasteiger partial charge in [-0.3, -0.25) is 0 Å². The zero-order valence-electron chi connectivity index (χ0n) is 32.2. The summed E-state index contributed by atoms with van der Waals surface area (Å²) in [5, 5.41) is 2.03. The largest absolute Gasteiger partial charge is 0.494 e. The molecule has 16 heteroatoms. The molecule has 0 bridgehead atoms. The third kappa shape index (κ3) is 5.23. The van der Waals surface area contributed by atoms with Crippen LogP contribution in [0.2, 0.25) is 0 Å². The van der Waals surface area contributed by atoms with Crippen molar-refractivity contribution in [3.05, 3.63) is 42.5 Å². The number of furan rings is 1. The lowest BCUT2D eigenvalue weighted by molar-refractivity contribution is 0.00578. The average Bonchev–Trinajstić information content (AvgIpc) is 3.56. The smallest absolute Gasteiger partial charge is 0.456 e. The van der Waals surface area contributed by atoms with Crippen LogP contribution in [0.4, 0.5) is 0 Å². The summed E-state index contributed by atoms with van der Waals surface area (Å²) in [4.78, 5) is 10.8. The Kier molecular flexibility index (Phi) is 8.35. The average molecular weight is 643 g/mol. The summed E-state index contributed by atoms with van der Waals surface area (Å²) >= 11 is 0. The zero-order valence-corrected chi connectivity index (χ0v) is 32.2. The highest BCUT2D eigenvalue weighted by molar-refractivity contribution is 6.70. The Hall–Kier alpha value is -3.61. The van der Waals surface area contributed by atoms with Gasteiger partial charge in [0.05, 0.1) is 22.6 Å². The number of hydrogen-bond acceptors (Lipinski definition) is 5. The van der Waals surface area contributed by atoms with E-state index in [4.69, 9.17) is 23.7 Å². The van der Waals surface area contributed by atoms with Crippen LogP contribution >= 0.6 is 0 Å². The molecule has 0 amide bonds. The molecule has 4 aromatic carbocycles. The van der Waals surface area contributed by atoms with Gasteiger partial charge in [-0.2, -0.15) is 0 Å². The van der Waals surface area contributed by atoms with Crippen molar-refractivity contribution in [1.29, 1.82) is 0 Å². The summed E-state index contributed by atoms with van der Waals surface area (Å²) in [6, 6.07) is 14.7. The summed E-state index contributed by atoms with van der Waals surface area (Å²) in [7, 11) is 21.7. The van der Waals surface area contributed by atoms with Gasteiger partial charge in [0, 0.05) is 21.9 Å². The van der Waals surface area contributed by atoms with Crippen LogP contribution in [0.3, 0.4) is 0 Å². The molecule has 1 aliphatic heterocycles. The molecule has 6 aromatic rings. The molecular weight excluding hydrogens is 603 g/mol. The maximum Gasteiger partial charge on any atom is 0.494 e.